The van der Waals surface area contributed by atoms with Gasteiger partial charge in [0.2, 0.25) is 5.91 Å². The minimum atomic E-state index is -0.567. The summed E-state index contributed by atoms with van der Waals surface area (Å²) in [7, 11) is 0. The molecule has 2 heterocycles. The van der Waals surface area contributed by atoms with E-state index in [1.807, 2.05) is 0 Å². The van der Waals surface area contributed by atoms with Crippen LogP contribution in [-0.2, 0) is 16.0 Å². The van der Waals surface area contributed by atoms with Gasteiger partial charge in [-0.3, -0.25) is 4.79 Å². The number of hydrogen-bond donors (Lipinski definition) is 1. The zero-order valence-corrected chi connectivity index (χ0v) is 13.4. The number of carbonyl (C=O) groups excluding carboxylic acids is 2. The van der Waals surface area contributed by atoms with Gasteiger partial charge in [0.1, 0.15) is 5.60 Å². The summed E-state index contributed by atoms with van der Waals surface area (Å²) in [6.45, 7) is 1.58. The van der Waals surface area contributed by atoms with Crippen LogP contribution in [0.1, 0.15) is 18.4 Å². The van der Waals surface area contributed by atoms with Crippen LogP contribution in [0.25, 0.3) is 0 Å². The number of nitrogens with zero attached hydrogens (tertiary/aromatic N) is 1. The van der Waals surface area contributed by atoms with Crippen LogP contribution in [-0.4, -0.2) is 42.1 Å². The van der Waals surface area contributed by atoms with Gasteiger partial charge in [-0.1, -0.05) is 29.3 Å². The van der Waals surface area contributed by atoms with Crippen molar-refractivity contribution in [2.45, 2.75) is 24.9 Å². The van der Waals surface area contributed by atoms with E-state index in [-0.39, 0.29) is 12.3 Å². The fourth-order valence-electron chi connectivity index (χ4n) is 2.98. The zero-order chi connectivity index (χ0) is 15.7. The van der Waals surface area contributed by atoms with Gasteiger partial charge in [0.15, 0.2) is 0 Å². The number of alkyl carbamates (subject to hydrolysis) is 1. The van der Waals surface area contributed by atoms with Crippen molar-refractivity contribution in [3.8, 4) is 0 Å². The molecule has 22 heavy (non-hydrogen) atoms. The second kappa shape index (κ2) is 5.97. The topological polar surface area (TPSA) is 58.6 Å². The van der Waals surface area contributed by atoms with Crippen LogP contribution >= 0.6 is 23.2 Å². The minimum Gasteiger partial charge on any atom is -0.439 e. The summed E-state index contributed by atoms with van der Waals surface area (Å²) in [5, 5.41) is 3.58. The highest BCUT2D eigenvalue weighted by atomic mass is 35.5. The number of hydrogen-bond acceptors (Lipinski definition) is 3. The molecular weight excluding hydrogens is 327 g/mol. The summed E-state index contributed by atoms with van der Waals surface area (Å²) in [6.07, 6.45) is 1.46. The normalized spacial score (nSPS) is 24.3. The highest BCUT2D eigenvalue weighted by Crippen LogP contribution is 2.29. The molecule has 0 saturated carbocycles. The first-order chi connectivity index (χ1) is 10.5. The molecule has 0 bridgehead atoms. The standard InChI is InChI=1S/C15H16Cl2N2O3/c16-11-3-2-10(6-12(11)17)7-13(20)19-5-1-4-15(9-19)8-18-14(21)22-15/h2-3,6H,1,4-5,7-9H2,(H,18,21)/t15-/m0/s1. The molecule has 5 nitrogen and oxygen atoms in total. The molecule has 0 aliphatic carbocycles. The number of carbonyl (C=O) groups is 2. The molecule has 2 aliphatic rings. The Hall–Kier alpha value is -1.46. The van der Waals surface area contributed by atoms with Gasteiger partial charge in [-0.2, -0.15) is 0 Å². The molecule has 1 aromatic rings. The fourth-order valence-corrected chi connectivity index (χ4v) is 3.30. The van der Waals surface area contributed by atoms with Crippen molar-refractivity contribution < 1.29 is 14.3 Å². The van der Waals surface area contributed by atoms with Gasteiger partial charge in [-0.05, 0) is 30.5 Å². The quantitative estimate of drug-likeness (QED) is 0.898. The maximum Gasteiger partial charge on any atom is 0.407 e. The van der Waals surface area contributed by atoms with Crippen LogP contribution in [0.4, 0.5) is 4.79 Å². The number of piperidine rings is 1. The van der Waals surface area contributed by atoms with Crippen LogP contribution in [0.2, 0.25) is 10.0 Å². The SMILES string of the molecule is O=C1NC[C@]2(CCCN(C(=O)Cc3ccc(Cl)c(Cl)c3)C2)O1. The van der Waals surface area contributed by atoms with Crippen molar-refractivity contribution in [2.24, 2.45) is 0 Å². The molecule has 118 valence electrons. The van der Waals surface area contributed by atoms with Crippen molar-refractivity contribution in [3.63, 3.8) is 0 Å². The van der Waals surface area contributed by atoms with Crippen LogP contribution in [0, 0.1) is 0 Å². The first-order valence-corrected chi connectivity index (χ1v) is 7.92. The lowest BCUT2D eigenvalue weighted by Gasteiger charge is -2.38. The Kier molecular flexibility index (Phi) is 4.19. The average Bonchev–Trinajstić information content (AvgIpc) is 2.83. The molecule has 1 aromatic carbocycles. The number of rotatable bonds is 2. The number of nitrogens with one attached hydrogen (secondary N) is 1. The lowest BCUT2D eigenvalue weighted by atomic mass is 9.92. The molecule has 0 radical (unpaired) electrons. The number of benzene rings is 1. The van der Waals surface area contributed by atoms with Crippen LogP contribution in [0.15, 0.2) is 18.2 Å². The Morgan fingerprint density at radius 1 is 1.36 bits per heavy atom. The van der Waals surface area contributed by atoms with Crippen molar-refractivity contribution in [2.75, 3.05) is 19.6 Å². The first-order valence-electron chi connectivity index (χ1n) is 7.16. The molecule has 2 amide bonds. The van der Waals surface area contributed by atoms with E-state index in [4.69, 9.17) is 27.9 Å². The summed E-state index contributed by atoms with van der Waals surface area (Å²) in [5.41, 5.74) is 0.253. The molecule has 0 aromatic heterocycles. The predicted molar refractivity (Wildman–Crippen MR) is 83.2 cm³/mol. The second-order valence-corrected chi connectivity index (χ2v) is 6.58. The Labute approximate surface area is 138 Å². The largest absolute Gasteiger partial charge is 0.439 e. The van der Waals surface area contributed by atoms with E-state index in [0.29, 0.717) is 29.7 Å². The molecule has 1 atom stereocenters. The summed E-state index contributed by atoms with van der Waals surface area (Å²) in [5.74, 6) is 0.000382. The molecule has 0 unspecified atom stereocenters. The van der Waals surface area contributed by atoms with Gasteiger partial charge in [-0.15, -0.1) is 0 Å². The van der Waals surface area contributed by atoms with Crippen molar-refractivity contribution >= 4 is 35.2 Å². The number of halogens is 2. The Morgan fingerprint density at radius 2 is 2.18 bits per heavy atom. The molecule has 1 N–H and O–H groups in total. The van der Waals surface area contributed by atoms with E-state index in [2.05, 4.69) is 5.32 Å². The van der Waals surface area contributed by atoms with Gasteiger partial charge < -0.3 is 15.0 Å². The predicted octanol–water partition coefficient (Wildman–Crippen LogP) is 2.64. The fraction of sp³-hybridized carbons (Fsp3) is 0.467. The van der Waals surface area contributed by atoms with Gasteiger partial charge >= 0.3 is 6.09 Å². The van der Waals surface area contributed by atoms with E-state index >= 15 is 0 Å². The van der Waals surface area contributed by atoms with E-state index in [0.717, 1.165) is 18.4 Å². The third kappa shape index (κ3) is 3.15. The smallest absolute Gasteiger partial charge is 0.407 e. The number of amides is 2. The van der Waals surface area contributed by atoms with Gasteiger partial charge in [0.05, 0.1) is 29.6 Å². The molecule has 2 saturated heterocycles. The first kappa shape index (κ1) is 15.4. The summed E-state index contributed by atoms with van der Waals surface area (Å²) >= 11 is 11.9. The van der Waals surface area contributed by atoms with E-state index in [9.17, 15) is 9.59 Å². The van der Waals surface area contributed by atoms with E-state index in [1.54, 1.807) is 23.1 Å². The van der Waals surface area contributed by atoms with Crippen molar-refractivity contribution in [1.82, 2.24) is 10.2 Å². The molecule has 2 fully saturated rings. The zero-order valence-electron chi connectivity index (χ0n) is 11.9. The van der Waals surface area contributed by atoms with Crippen molar-refractivity contribution in [1.29, 1.82) is 0 Å². The van der Waals surface area contributed by atoms with E-state index in [1.165, 1.54) is 0 Å². The summed E-state index contributed by atoms with van der Waals surface area (Å²) in [4.78, 5) is 25.5. The van der Waals surface area contributed by atoms with Crippen LogP contribution < -0.4 is 5.32 Å². The molecule has 3 rings (SSSR count). The molecular formula is C15H16Cl2N2O3. The minimum absolute atomic E-state index is 0.000382. The van der Waals surface area contributed by atoms with Gasteiger partial charge in [-0.25, -0.2) is 4.79 Å². The highest BCUT2D eigenvalue weighted by molar-refractivity contribution is 6.42. The van der Waals surface area contributed by atoms with Crippen molar-refractivity contribution in [3.05, 3.63) is 33.8 Å². The summed E-state index contributed by atoms with van der Waals surface area (Å²) < 4.78 is 5.37. The van der Waals surface area contributed by atoms with E-state index < -0.39 is 11.7 Å². The second-order valence-electron chi connectivity index (χ2n) is 5.77. The van der Waals surface area contributed by atoms with Crippen LogP contribution in [0.3, 0.4) is 0 Å². The molecule has 1 spiro atoms. The van der Waals surface area contributed by atoms with Gasteiger partial charge in [0.25, 0.3) is 0 Å². The Bertz CT molecular complexity index is 623. The average molecular weight is 343 g/mol. The third-order valence-corrected chi connectivity index (χ3v) is 4.83. The van der Waals surface area contributed by atoms with Crippen LogP contribution in [0.5, 0.6) is 0 Å². The molecule has 7 heteroatoms. The summed E-state index contributed by atoms with van der Waals surface area (Å²) in [6, 6.07) is 5.19. The maximum absolute atomic E-state index is 12.5. The monoisotopic (exact) mass is 342 g/mol. The van der Waals surface area contributed by atoms with Gasteiger partial charge in [0, 0.05) is 6.54 Å². The number of ether oxygens (including phenoxy) is 1. The third-order valence-electron chi connectivity index (χ3n) is 4.10. The Morgan fingerprint density at radius 3 is 2.86 bits per heavy atom. The Balaban J connectivity index is 1.66. The maximum atomic E-state index is 12.5. The molecule has 2 aliphatic heterocycles. The lowest BCUT2D eigenvalue weighted by Crippen LogP contribution is -2.52. The lowest BCUT2D eigenvalue weighted by molar-refractivity contribution is -0.136. The number of likely N-dealkylation sites (tertiary alicyclic amines) is 1. The highest BCUT2D eigenvalue weighted by Gasteiger charge is 2.44.